The summed E-state index contributed by atoms with van der Waals surface area (Å²) in [5.74, 6) is 0. The Balaban J connectivity index is -0.00000000500. The van der Waals surface area contributed by atoms with Gasteiger partial charge in [0.1, 0.15) is 0 Å². The molecule has 0 saturated heterocycles. The first-order valence-corrected chi connectivity index (χ1v) is 1.37. The van der Waals surface area contributed by atoms with Gasteiger partial charge in [0.15, 0.2) is 0 Å². The van der Waals surface area contributed by atoms with Gasteiger partial charge in [-0.2, -0.15) is 0 Å². The van der Waals surface area contributed by atoms with Gasteiger partial charge in [-0.05, 0) is 0 Å². The molecule has 0 N–H and O–H groups in total. The van der Waals surface area contributed by atoms with E-state index in [1.807, 2.05) is 0 Å². The minimum atomic E-state index is 0. The van der Waals surface area contributed by atoms with Crippen LogP contribution >= 0.6 is 0 Å². The van der Waals surface area contributed by atoms with Crippen LogP contribution in [0.5, 0.6) is 0 Å². The van der Waals surface area contributed by atoms with Crippen molar-refractivity contribution in [1.29, 1.82) is 0 Å². The van der Waals surface area contributed by atoms with Crippen molar-refractivity contribution < 1.29 is 42.7 Å². The summed E-state index contributed by atoms with van der Waals surface area (Å²) < 4.78 is 8.34. The molecule has 0 saturated carbocycles. The first-order chi connectivity index (χ1) is 1.00. The van der Waals surface area contributed by atoms with Crippen molar-refractivity contribution in [1.82, 2.24) is 0 Å². The minimum absolute atomic E-state index is 0. The van der Waals surface area contributed by atoms with Crippen LogP contribution in [0.25, 0.3) is 0 Å². The normalized spacial score (nSPS) is 1.00. The van der Waals surface area contributed by atoms with Crippen molar-refractivity contribution in [2.75, 3.05) is 0 Å². The molecule has 0 aromatic rings. The third-order valence-corrected chi connectivity index (χ3v) is 0. The average molecular weight is 392 g/mol. The van der Waals surface area contributed by atoms with Crippen LogP contribution < -0.4 is 0 Å². The molecule has 0 rings (SSSR count). The minimum Gasteiger partial charge on any atom is 0 e. The molecule has 0 spiro atoms. The predicted molar refractivity (Wildman–Crippen MR) is 6.44 cm³/mol. The monoisotopic (exact) mass is 393 g/mol. The van der Waals surface area contributed by atoms with E-state index in [9.17, 15) is 0 Å². The van der Waals surface area contributed by atoms with E-state index >= 15 is 0 Å². The van der Waals surface area contributed by atoms with Gasteiger partial charge in [-0.15, -0.1) is 0 Å². The molecular formula is IrOSnZn. The van der Waals surface area contributed by atoms with Crippen molar-refractivity contribution in [2.24, 2.45) is 0 Å². The molecule has 0 aliphatic heterocycles. The van der Waals surface area contributed by atoms with Gasteiger partial charge in [0, 0.05) is 39.6 Å². The standard InChI is InChI=1S/Ir.O.Sn.Zn. The summed E-state index contributed by atoms with van der Waals surface area (Å²) >= 11 is 0.300. The molecule has 21 valence electrons. The molecule has 0 aliphatic carbocycles. The molecule has 4 heavy (non-hydrogen) atoms. The molecule has 4 heteroatoms. The fraction of sp³-hybridized carbons (Fsp3) is 0. The topological polar surface area (TPSA) is 17.1 Å². The van der Waals surface area contributed by atoms with E-state index in [2.05, 4.69) is 0 Å². The third kappa shape index (κ3) is 9.11. The van der Waals surface area contributed by atoms with Crippen LogP contribution in [0, 0.1) is 0 Å². The molecule has 0 aliphatic rings. The van der Waals surface area contributed by atoms with Gasteiger partial charge in [0.25, 0.3) is 0 Å². The zero-order valence-corrected chi connectivity index (χ0v) is 10.2. The number of hydrogen-bond acceptors (Lipinski definition) is 1. The Morgan fingerprint density at radius 3 is 1.25 bits per heavy atom. The maximum Gasteiger partial charge on any atom is 0 e. The Labute approximate surface area is 64.5 Å². The van der Waals surface area contributed by atoms with E-state index in [1.54, 1.807) is 0 Å². The Bertz CT molecular complexity index is 8.00. The molecule has 0 fully saturated rings. The summed E-state index contributed by atoms with van der Waals surface area (Å²) in [5, 5.41) is 0. The third-order valence-electron chi connectivity index (χ3n) is 0. The van der Waals surface area contributed by atoms with Gasteiger partial charge in [-0.25, -0.2) is 0 Å². The molecule has 0 aromatic heterocycles. The molecule has 0 unspecified atom stereocenters. The van der Waals surface area contributed by atoms with Gasteiger partial charge in [0.05, 0.1) is 0 Å². The first-order valence-electron chi connectivity index (χ1n) is 0.204. The van der Waals surface area contributed by atoms with Crippen LogP contribution in [0.2, 0.25) is 0 Å². The quantitative estimate of drug-likeness (QED) is 0.508. The fourth-order valence-corrected chi connectivity index (χ4v) is 0. The Morgan fingerprint density at radius 2 is 1.25 bits per heavy atom. The maximum absolute atomic E-state index is 8.34. The molecule has 0 heterocycles. The summed E-state index contributed by atoms with van der Waals surface area (Å²) in [6.07, 6.45) is 0. The van der Waals surface area contributed by atoms with Gasteiger partial charge in [0.2, 0.25) is 0 Å². The average Bonchev–Trinajstić information content (AvgIpc) is 1.00. The van der Waals surface area contributed by atoms with Crippen molar-refractivity contribution in [3.8, 4) is 0 Å². The van der Waals surface area contributed by atoms with Gasteiger partial charge in [-0.1, -0.05) is 0 Å². The maximum atomic E-state index is 8.34. The van der Waals surface area contributed by atoms with Crippen molar-refractivity contribution >= 4 is 22.5 Å². The molecule has 0 bridgehead atoms. The smallest absolute Gasteiger partial charge is 0 e. The Hall–Kier alpha value is 1.87. The zero-order chi connectivity index (χ0) is 2.00. The van der Waals surface area contributed by atoms with Gasteiger partial charge in [-0.3, -0.25) is 0 Å². The summed E-state index contributed by atoms with van der Waals surface area (Å²) in [5.41, 5.74) is 0. The largest absolute Gasteiger partial charge is 0 e. The van der Waals surface area contributed by atoms with E-state index in [-0.39, 0.29) is 39.6 Å². The summed E-state index contributed by atoms with van der Waals surface area (Å²) in [6.45, 7) is 0. The second-order valence-corrected chi connectivity index (χ2v) is 0. The van der Waals surface area contributed by atoms with Crippen LogP contribution in [0.15, 0.2) is 0 Å². The molecule has 0 amide bonds. The second-order valence-electron chi connectivity index (χ2n) is 0. The molecule has 1 nitrogen and oxygen atoms in total. The van der Waals surface area contributed by atoms with E-state index in [1.165, 1.54) is 0 Å². The zero-order valence-electron chi connectivity index (χ0n) is 1.95. The van der Waals surface area contributed by atoms with E-state index in [0.717, 1.165) is 0 Å². The van der Waals surface area contributed by atoms with Crippen LogP contribution in [-0.2, 0) is 42.7 Å². The number of hydrogen-bond donors (Lipinski definition) is 0. The fourth-order valence-electron chi connectivity index (χ4n) is 0. The predicted octanol–water partition coefficient (Wildman–Crippen LogP) is -0.505. The van der Waals surface area contributed by atoms with Gasteiger partial charge >= 0.3 is 25.6 Å². The molecule has 3 radical (unpaired) electrons. The van der Waals surface area contributed by atoms with Crippen molar-refractivity contribution in [3.05, 3.63) is 0 Å². The van der Waals surface area contributed by atoms with Crippen LogP contribution in [0.4, 0.5) is 0 Å². The Morgan fingerprint density at radius 1 is 1.25 bits per heavy atom. The summed E-state index contributed by atoms with van der Waals surface area (Å²) in [4.78, 5) is 0. The molecule has 0 atom stereocenters. The van der Waals surface area contributed by atoms with Crippen molar-refractivity contribution in [2.45, 2.75) is 0 Å². The van der Waals surface area contributed by atoms with E-state index in [0.29, 0.717) is 22.5 Å². The van der Waals surface area contributed by atoms with E-state index in [4.69, 9.17) is 3.08 Å². The Kier molecular flexibility index (Phi) is 88.1. The van der Waals surface area contributed by atoms with Crippen LogP contribution in [-0.4, -0.2) is 22.5 Å². The molecular weight excluding hydrogens is 392 g/mol. The summed E-state index contributed by atoms with van der Waals surface area (Å²) in [7, 11) is 0. The van der Waals surface area contributed by atoms with Crippen LogP contribution in [0.3, 0.4) is 0 Å². The first kappa shape index (κ1) is 16.9. The van der Waals surface area contributed by atoms with E-state index < -0.39 is 0 Å². The van der Waals surface area contributed by atoms with Gasteiger partial charge < -0.3 is 0 Å². The number of rotatable bonds is 0. The summed E-state index contributed by atoms with van der Waals surface area (Å²) in [6, 6.07) is 0. The second kappa shape index (κ2) is 20.8. The van der Waals surface area contributed by atoms with Crippen LogP contribution in [0.1, 0.15) is 0 Å². The van der Waals surface area contributed by atoms with Crippen molar-refractivity contribution in [3.63, 3.8) is 0 Å². The SMILES string of the molecule is [Ir].[O]=[Sn].[Zn]. The molecule has 0 aromatic carbocycles.